The first-order chi connectivity index (χ1) is 52.1. The molecule has 5 rings (SSSR count). The number of halogens is 3. The van der Waals surface area contributed by atoms with Gasteiger partial charge < -0.3 is 107 Å². The zero-order valence-electron chi connectivity index (χ0n) is 66.1. The molecule has 4 aliphatic heterocycles. The highest BCUT2D eigenvalue weighted by Gasteiger charge is 2.48. The molecule has 15 atom stereocenters. The van der Waals surface area contributed by atoms with Crippen LogP contribution in [0.15, 0.2) is 30.3 Å². The number of carbonyl (C=O) groups is 14. The average molecular weight is 1580 g/mol. The first kappa shape index (κ1) is 96.5. The van der Waals surface area contributed by atoms with E-state index in [9.17, 15) is 75.8 Å². The Hall–Kier alpha value is -8.65. The van der Waals surface area contributed by atoms with E-state index < -0.39 is 198 Å². The van der Waals surface area contributed by atoms with Crippen molar-refractivity contribution in [2.45, 2.75) is 270 Å². The van der Waals surface area contributed by atoms with Crippen LogP contribution in [0.4, 0.5) is 13.2 Å². The van der Waals surface area contributed by atoms with E-state index in [4.69, 9.17) is 37.6 Å². The second-order valence-electron chi connectivity index (χ2n) is 30.8. The van der Waals surface area contributed by atoms with Gasteiger partial charge in [-0.2, -0.15) is 13.2 Å². The number of nitrogens with zero attached hydrogens (tertiary/aromatic N) is 1. The minimum absolute atomic E-state index is 0.00449. The van der Waals surface area contributed by atoms with Crippen molar-refractivity contribution < 1.29 is 95.2 Å². The first-order valence-electron chi connectivity index (χ1n) is 38.5. The molecular formula is C74H124F3N17O17. The van der Waals surface area contributed by atoms with Gasteiger partial charge >= 0.3 is 12.1 Å². The number of carboxylic acid groups (broad SMARTS) is 1. The van der Waals surface area contributed by atoms with Gasteiger partial charge in [-0.3, -0.25) is 62.3 Å². The summed E-state index contributed by atoms with van der Waals surface area (Å²) in [7, 11) is 0. The predicted molar refractivity (Wildman–Crippen MR) is 404 cm³/mol. The molecule has 0 aromatic heterocycles. The molecule has 0 spiro atoms. The molecule has 1 aromatic rings. The van der Waals surface area contributed by atoms with Crippen molar-refractivity contribution in [3.63, 3.8) is 0 Å². The highest BCUT2D eigenvalue weighted by molar-refractivity contribution is 6.00. The lowest BCUT2D eigenvalue weighted by atomic mass is 9.97. The average Bonchev–Trinajstić information content (AvgIpc) is 1.63. The van der Waals surface area contributed by atoms with E-state index in [0.717, 1.165) is 0 Å². The summed E-state index contributed by atoms with van der Waals surface area (Å²) < 4.78 is 37.5. The largest absolute Gasteiger partial charge is 0.490 e. The minimum Gasteiger partial charge on any atom is -0.475 e. The standard InChI is InChI=1S/C72H123N17O15.C2HF3O2/c1-38(2)33-49-64(95)78-47(25-18-30-75)62(93)86-55(41(7)8)68(99)77-37-54-58(90)59(104-54)71(102)84-51(35-40(5)6)65(96)79-48(26-19-31-76)63(94)87-56(42(9)10)69(100)80-45(23-16-28-73)61(92)83-50(34-39(3)4)66(97)85-52(36-44-21-14-13-15-22-44)72(103)89-32-20-27-53(89)67(98)88-57(43(11)12)70(101)81-46(24-17-29-74)60(91)82-49;3-2(4,5)1(6)7/h13-15,21-22,38-43,45-59,90H,16-20,23-37,73-76H2,1-12H3,(H,77,99)(H,78,95)(H,79,96)(H,80,100)(H,81,101)(H,82,91)(H,83,92)(H,84,102)(H,85,97)(H,86,93)(H,87,94)(H,88,98);(H,6,7)/t45-,46-,47+,48-,49-,50-,51-,52+,53-,54+,55-,56-,57-,58+,59+;/m0./s1. The van der Waals surface area contributed by atoms with E-state index >= 15 is 4.79 Å². The molecule has 4 aliphatic rings. The Balaban J connectivity index is 0.00000433. The Bertz CT molecular complexity index is 3240. The fourth-order valence-corrected chi connectivity index (χ4v) is 12.7. The summed E-state index contributed by atoms with van der Waals surface area (Å²) >= 11 is 0. The van der Waals surface area contributed by atoms with Crippen LogP contribution in [0.1, 0.15) is 172 Å². The third-order valence-electron chi connectivity index (χ3n) is 18.8. The normalized spacial score (nSPS) is 27.1. The summed E-state index contributed by atoms with van der Waals surface area (Å²) in [6.07, 6.45) is -7.54. The van der Waals surface area contributed by atoms with Gasteiger partial charge in [0, 0.05) is 19.5 Å². The number of carbonyl (C=O) groups excluding carboxylic acids is 13. The molecular weight excluding hydrogens is 1460 g/mol. The number of ether oxygens (including phenoxy) is 1. The number of amides is 13. The van der Waals surface area contributed by atoms with Crippen LogP contribution in [0.25, 0.3) is 0 Å². The Morgan fingerprint density at radius 2 is 0.775 bits per heavy atom. The second kappa shape index (κ2) is 47.7. The molecule has 13 amide bonds. The Kier molecular flexibility index (Phi) is 41.4. The lowest BCUT2D eigenvalue weighted by molar-refractivity contribution is -0.217. The van der Waals surface area contributed by atoms with E-state index in [2.05, 4.69) is 63.8 Å². The van der Waals surface area contributed by atoms with Crippen molar-refractivity contribution in [2.75, 3.05) is 39.3 Å². The van der Waals surface area contributed by atoms with Gasteiger partial charge in [0.15, 0.2) is 6.10 Å². The van der Waals surface area contributed by atoms with Gasteiger partial charge in [0.2, 0.25) is 70.9 Å². The molecule has 0 radical (unpaired) electrons. The van der Waals surface area contributed by atoms with Crippen molar-refractivity contribution in [2.24, 2.45) is 58.4 Å². The molecule has 628 valence electrons. The van der Waals surface area contributed by atoms with E-state index in [1.54, 1.807) is 85.7 Å². The number of carboxylic acids is 1. The first-order valence-corrected chi connectivity index (χ1v) is 38.5. The quantitative estimate of drug-likeness (QED) is 0.0555. The highest BCUT2D eigenvalue weighted by Crippen LogP contribution is 2.25. The number of aliphatic carboxylic acids is 1. The summed E-state index contributed by atoms with van der Waals surface area (Å²) in [5.74, 6) is -14.9. The lowest BCUT2D eigenvalue weighted by Crippen LogP contribution is -2.66. The fraction of sp³-hybridized carbons (Fsp3) is 0.730. The number of hydrogen-bond acceptors (Lipinski definition) is 20. The van der Waals surface area contributed by atoms with Crippen molar-refractivity contribution in [3.05, 3.63) is 35.9 Å². The van der Waals surface area contributed by atoms with Gasteiger partial charge in [-0.1, -0.05) is 113 Å². The lowest BCUT2D eigenvalue weighted by Gasteiger charge is -2.41. The van der Waals surface area contributed by atoms with Crippen LogP contribution in [0.5, 0.6) is 0 Å². The highest BCUT2D eigenvalue weighted by atomic mass is 19.4. The molecule has 4 saturated heterocycles. The van der Waals surface area contributed by atoms with Crippen LogP contribution in [0.3, 0.4) is 0 Å². The Labute approximate surface area is 647 Å². The second-order valence-corrected chi connectivity index (χ2v) is 30.8. The van der Waals surface area contributed by atoms with Gasteiger partial charge in [0.25, 0.3) is 5.91 Å². The Morgan fingerprint density at radius 1 is 0.459 bits per heavy atom. The molecule has 4 heterocycles. The van der Waals surface area contributed by atoms with Crippen molar-refractivity contribution in [1.82, 2.24) is 68.7 Å². The van der Waals surface area contributed by atoms with Gasteiger partial charge in [0.1, 0.15) is 84.7 Å². The van der Waals surface area contributed by atoms with Crippen LogP contribution in [-0.2, 0) is 78.3 Å². The smallest absolute Gasteiger partial charge is 0.475 e. The van der Waals surface area contributed by atoms with Crippen LogP contribution in [-0.4, -0.2) is 234 Å². The van der Waals surface area contributed by atoms with Gasteiger partial charge in [-0.05, 0) is 151 Å². The topological polar surface area (TPSA) is 540 Å². The summed E-state index contributed by atoms with van der Waals surface area (Å²) in [5, 5.41) is 51.5. The van der Waals surface area contributed by atoms with Crippen molar-refractivity contribution >= 4 is 82.8 Å². The number of benzene rings is 1. The summed E-state index contributed by atoms with van der Waals surface area (Å²) in [5.41, 5.74) is 24.3. The Morgan fingerprint density at radius 3 is 1.12 bits per heavy atom. The maximum atomic E-state index is 15.1. The van der Waals surface area contributed by atoms with Crippen LogP contribution in [0.2, 0.25) is 0 Å². The van der Waals surface area contributed by atoms with Crippen molar-refractivity contribution in [1.29, 1.82) is 0 Å². The van der Waals surface area contributed by atoms with Gasteiger partial charge in [-0.15, -0.1) is 0 Å². The third-order valence-corrected chi connectivity index (χ3v) is 18.8. The number of aliphatic hydroxyl groups is 1. The maximum Gasteiger partial charge on any atom is 0.490 e. The molecule has 111 heavy (non-hydrogen) atoms. The molecule has 22 N–H and O–H groups in total. The maximum absolute atomic E-state index is 15.1. The zero-order valence-corrected chi connectivity index (χ0v) is 66.1. The molecule has 0 aliphatic carbocycles. The van der Waals surface area contributed by atoms with Crippen LogP contribution >= 0.6 is 0 Å². The van der Waals surface area contributed by atoms with E-state index in [-0.39, 0.29) is 140 Å². The summed E-state index contributed by atoms with van der Waals surface area (Å²) in [6.45, 7) is 21.1. The number of nitrogens with two attached hydrogens (primary N) is 4. The molecule has 37 heteroatoms. The minimum atomic E-state index is -5.08. The monoisotopic (exact) mass is 1580 g/mol. The van der Waals surface area contributed by atoms with Crippen molar-refractivity contribution in [3.8, 4) is 0 Å². The molecule has 0 unspecified atom stereocenters. The van der Waals surface area contributed by atoms with Gasteiger partial charge in [0.05, 0.1) is 0 Å². The number of aliphatic hydroxyl groups excluding tert-OH is 1. The fourth-order valence-electron chi connectivity index (χ4n) is 12.7. The molecule has 4 fully saturated rings. The molecule has 1 aromatic carbocycles. The molecule has 34 nitrogen and oxygen atoms in total. The van der Waals surface area contributed by atoms with Crippen LogP contribution in [0, 0.1) is 35.5 Å². The van der Waals surface area contributed by atoms with Gasteiger partial charge in [-0.25, -0.2) is 4.79 Å². The number of nitrogens with one attached hydrogen (secondary N) is 12. The number of alkyl halides is 3. The summed E-state index contributed by atoms with van der Waals surface area (Å²) in [6, 6.07) is -6.44. The van der Waals surface area contributed by atoms with E-state index in [0.29, 0.717) is 12.0 Å². The number of fused-ring (bicyclic) bond motifs is 35. The van der Waals surface area contributed by atoms with E-state index in [1.165, 1.54) is 4.90 Å². The number of rotatable bonds is 23. The zero-order chi connectivity index (χ0) is 83.7. The third kappa shape index (κ3) is 32.2. The molecule has 2 bridgehead atoms. The molecule has 0 saturated carbocycles. The van der Waals surface area contributed by atoms with E-state index in [1.807, 2.05) is 27.7 Å². The summed E-state index contributed by atoms with van der Waals surface area (Å²) in [4.78, 5) is 198. The number of hydrogen-bond donors (Lipinski definition) is 18. The van der Waals surface area contributed by atoms with Crippen LogP contribution < -0.4 is 86.7 Å². The predicted octanol–water partition coefficient (Wildman–Crippen LogP) is -1.49. The SMILES string of the molecule is CC(C)C[C@@H]1NC(=O)[C@H](CCCN)NC(=O)[C@H](C(C)C)NC(=O)[C@@H]2CCCN2C(=O)[C@@H](Cc2ccccc2)NC(=O)[C@H](CC(C)C)NC(=O)[C@H](CCCN)NC(=O)[C@H](C(C)C)NC(=O)[C@H](CCCN)NC(=O)[C@H](CC(C)C)NC(=O)[C@@H]2O[C@H](CNC(=O)[C@H](C(C)C)NC(=O)[C@@H](CCCN)NC1=O)[C@H]2O.O=C(O)C(F)(F)F.